The van der Waals surface area contributed by atoms with Crippen LogP contribution in [0.5, 0.6) is 0 Å². The summed E-state index contributed by atoms with van der Waals surface area (Å²) in [6, 6.07) is 0. The monoisotopic (exact) mass is 456 g/mol. The number of carbonyl (C=O) groups excluding carboxylic acids is 4. The molecule has 0 N–H and O–H groups in total. The van der Waals surface area contributed by atoms with Crippen molar-refractivity contribution in [2.45, 2.75) is 98.0 Å². The highest BCUT2D eigenvalue weighted by molar-refractivity contribution is 5.94. The first kappa shape index (κ1) is 23.2. The molecule has 0 unspecified atom stereocenters. The number of ketones is 3. The fourth-order valence-corrected chi connectivity index (χ4v) is 9.79. The lowest BCUT2D eigenvalue weighted by Crippen LogP contribution is -2.57. The first-order valence-corrected chi connectivity index (χ1v) is 13.3. The van der Waals surface area contributed by atoms with E-state index in [1.807, 2.05) is 0 Å². The molecule has 5 aliphatic rings. The van der Waals surface area contributed by atoms with E-state index in [0.29, 0.717) is 36.4 Å². The molecular weight excluding hydrogens is 416 g/mol. The van der Waals surface area contributed by atoms with Crippen LogP contribution in [0.4, 0.5) is 0 Å². The van der Waals surface area contributed by atoms with Crippen molar-refractivity contribution in [3.8, 4) is 0 Å². The van der Waals surface area contributed by atoms with Gasteiger partial charge in [-0.05, 0) is 93.3 Å². The summed E-state index contributed by atoms with van der Waals surface area (Å²) in [4.78, 5) is 51.2. The number of carbonyl (C=O) groups is 4. The van der Waals surface area contributed by atoms with E-state index < -0.39 is 5.41 Å². The minimum Gasteiger partial charge on any atom is -0.463 e. The second kappa shape index (κ2) is 8.02. The lowest BCUT2D eigenvalue weighted by Gasteiger charge is -2.60. The Morgan fingerprint density at radius 3 is 2.33 bits per heavy atom. The summed E-state index contributed by atoms with van der Waals surface area (Å²) >= 11 is 0. The van der Waals surface area contributed by atoms with Crippen molar-refractivity contribution in [1.82, 2.24) is 0 Å². The van der Waals surface area contributed by atoms with Crippen molar-refractivity contribution in [1.29, 1.82) is 0 Å². The van der Waals surface area contributed by atoms with Gasteiger partial charge in [0.2, 0.25) is 0 Å². The zero-order chi connectivity index (χ0) is 23.7. The normalized spacial score (nSPS) is 49.2. The summed E-state index contributed by atoms with van der Waals surface area (Å²) in [5.74, 6) is 1.68. The van der Waals surface area contributed by atoms with Gasteiger partial charge in [-0.1, -0.05) is 13.8 Å². The molecule has 0 aromatic heterocycles. The van der Waals surface area contributed by atoms with Crippen LogP contribution in [-0.2, 0) is 23.9 Å². The Morgan fingerprint density at radius 1 is 0.939 bits per heavy atom. The van der Waals surface area contributed by atoms with Gasteiger partial charge < -0.3 is 4.74 Å². The van der Waals surface area contributed by atoms with E-state index >= 15 is 0 Å². The topological polar surface area (TPSA) is 77.5 Å². The van der Waals surface area contributed by atoms with Crippen LogP contribution < -0.4 is 0 Å². The van der Waals surface area contributed by atoms with Gasteiger partial charge in [0.05, 0.1) is 0 Å². The van der Waals surface area contributed by atoms with Crippen molar-refractivity contribution in [3.63, 3.8) is 0 Å². The first-order valence-electron chi connectivity index (χ1n) is 13.3. The predicted octanol–water partition coefficient (Wildman–Crippen LogP) is 4.94. The highest BCUT2D eigenvalue weighted by Gasteiger charge is 2.67. The van der Waals surface area contributed by atoms with Gasteiger partial charge in [0.15, 0.2) is 0 Å². The van der Waals surface area contributed by atoms with Gasteiger partial charge >= 0.3 is 5.97 Å². The van der Waals surface area contributed by atoms with Crippen molar-refractivity contribution in [2.24, 2.45) is 52.3 Å². The molecule has 0 amide bonds. The summed E-state index contributed by atoms with van der Waals surface area (Å²) in [7, 11) is 0. The Morgan fingerprint density at radius 2 is 1.70 bits per heavy atom. The van der Waals surface area contributed by atoms with Crippen LogP contribution >= 0.6 is 0 Å². The number of hydrogen-bond acceptors (Lipinski definition) is 5. The summed E-state index contributed by atoms with van der Waals surface area (Å²) in [6.45, 7) is 7.60. The van der Waals surface area contributed by atoms with Gasteiger partial charge in [-0.15, -0.1) is 0 Å². The van der Waals surface area contributed by atoms with E-state index in [4.69, 9.17) is 4.74 Å². The average molecular weight is 457 g/mol. The van der Waals surface area contributed by atoms with Crippen LogP contribution in [0.1, 0.15) is 91.9 Å². The van der Waals surface area contributed by atoms with E-state index in [-0.39, 0.29) is 52.7 Å². The van der Waals surface area contributed by atoms with E-state index in [1.54, 1.807) is 6.92 Å². The summed E-state index contributed by atoms with van der Waals surface area (Å²) in [6.07, 6.45) is 8.85. The van der Waals surface area contributed by atoms with Crippen molar-refractivity contribution in [2.75, 3.05) is 0 Å². The lowest BCUT2D eigenvalue weighted by molar-refractivity contribution is -0.167. The molecule has 0 bridgehead atoms. The Kier molecular flexibility index (Phi) is 5.64. The molecule has 182 valence electrons. The number of esters is 1. The Balaban J connectivity index is 1.45. The first-order chi connectivity index (χ1) is 15.6. The Bertz CT molecular complexity index is 878. The third-order valence-corrected chi connectivity index (χ3v) is 11.2. The fraction of sp³-hybridized carbons (Fsp3) is 0.857. The number of rotatable bonds is 3. The third kappa shape index (κ3) is 3.38. The molecule has 5 saturated carbocycles. The Labute approximate surface area is 197 Å². The van der Waals surface area contributed by atoms with E-state index in [1.165, 1.54) is 6.92 Å². The molecule has 5 rings (SSSR count). The molecular formula is C28H40O5. The number of hydrogen-bond donors (Lipinski definition) is 0. The Hall–Kier alpha value is -1.52. The van der Waals surface area contributed by atoms with E-state index in [2.05, 4.69) is 13.8 Å². The minimum absolute atomic E-state index is 0.00742. The van der Waals surface area contributed by atoms with Crippen LogP contribution in [-0.4, -0.2) is 29.4 Å². The maximum Gasteiger partial charge on any atom is 0.302 e. The van der Waals surface area contributed by atoms with Crippen molar-refractivity contribution >= 4 is 23.3 Å². The standard InChI is InChI=1S/C28H40O5/c1-15(29)26-21(19-6-5-7-24(19)31)13-23-20-9-8-17-12-18(33-16(2)30)10-11-27(17,3)22(20)14-25(32)28(23,26)4/h17-23,26H,5-14H2,1-4H3/t17-,18+,19+,20-,21-,22+,23+,26+,27+,28-/m1/s1. The van der Waals surface area contributed by atoms with Gasteiger partial charge in [-0.3, -0.25) is 19.2 Å². The molecule has 0 heterocycles. The van der Waals surface area contributed by atoms with E-state index in [0.717, 1.165) is 51.4 Å². The maximum atomic E-state index is 13.9. The van der Waals surface area contributed by atoms with Crippen LogP contribution in [0.3, 0.4) is 0 Å². The second-order valence-corrected chi connectivity index (χ2v) is 12.5. The van der Waals surface area contributed by atoms with Crippen LogP contribution in [0.25, 0.3) is 0 Å². The van der Waals surface area contributed by atoms with Gasteiger partial charge in [0, 0.05) is 37.0 Å². The largest absolute Gasteiger partial charge is 0.463 e. The second-order valence-electron chi connectivity index (χ2n) is 12.5. The highest BCUT2D eigenvalue weighted by atomic mass is 16.5. The quantitative estimate of drug-likeness (QED) is 0.562. The summed E-state index contributed by atoms with van der Waals surface area (Å²) < 4.78 is 5.57. The van der Waals surface area contributed by atoms with Crippen LogP contribution in [0.2, 0.25) is 0 Å². The van der Waals surface area contributed by atoms with Crippen LogP contribution in [0, 0.1) is 52.3 Å². The van der Waals surface area contributed by atoms with Gasteiger partial charge in [-0.25, -0.2) is 0 Å². The molecule has 5 nitrogen and oxygen atoms in total. The minimum atomic E-state index is -0.612. The van der Waals surface area contributed by atoms with Gasteiger partial charge in [-0.2, -0.15) is 0 Å². The maximum absolute atomic E-state index is 13.9. The zero-order valence-corrected chi connectivity index (χ0v) is 20.7. The lowest BCUT2D eigenvalue weighted by atomic mass is 9.44. The predicted molar refractivity (Wildman–Crippen MR) is 123 cm³/mol. The zero-order valence-electron chi connectivity index (χ0n) is 20.7. The molecule has 0 aromatic carbocycles. The molecule has 5 fully saturated rings. The molecule has 0 aliphatic heterocycles. The summed E-state index contributed by atoms with van der Waals surface area (Å²) in [5.41, 5.74) is -0.526. The molecule has 0 spiro atoms. The van der Waals surface area contributed by atoms with Gasteiger partial charge in [0.1, 0.15) is 23.5 Å². The number of Topliss-reactive ketones (excluding diaryl/α,β-unsaturated/α-hetero) is 3. The van der Waals surface area contributed by atoms with Crippen molar-refractivity contribution in [3.05, 3.63) is 0 Å². The average Bonchev–Trinajstić information content (AvgIpc) is 3.30. The SMILES string of the molecule is CC(=O)O[C@H]1CC[C@@]2(C)[C@H](CC[C@@H]3[C@@H]2CC(=O)[C@@]2(C)[C@H]3C[C@H]([C@@H]3CCCC3=O)[C@@H]2C(C)=O)C1. The molecule has 5 aliphatic carbocycles. The number of ether oxygens (including phenoxy) is 1. The molecule has 0 saturated heterocycles. The fourth-order valence-electron chi connectivity index (χ4n) is 9.79. The van der Waals surface area contributed by atoms with Crippen molar-refractivity contribution < 1.29 is 23.9 Å². The third-order valence-electron chi connectivity index (χ3n) is 11.2. The highest BCUT2D eigenvalue weighted by Crippen LogP contribution is 2.68. The van der Waals surface area contributed by atoms with Gasteiger partial charge in [0.25, 0.3) is 0 Å². The van der Waals surface area contributed by atoms with Crippen LogP contribution in [0.15, 0.2) is 0 Å². The number of fused-ring (bicyclic) bond motifs is 5. The molecule has 5 heteroatoms. The smallest absolute Gasteiger partial charge is 0.302 e. The molecule has 0 aromatic rings. The molecule has 0 radical (unpaired) electrons. The molecule has 33 heavy (non-hydrogen) atoms. The van der Waals surface area contributed by atoms with E-state index in [9.17, 15) is 19.2 Å². The summed E-state index contributed by atoms with van der Waals surface area (Å²) in [5, 5.41) is 0. The molecule has 10 atom stereocenters.